The molecule has 0 fully saturated rings. The topological polar surface area (TPSA) is 50.8 Å². The summed E-state index contributed by atoms with van der Waals surface area (Å²) in [7, 11) is 0. The van der Waals surface area contributed by atoms with E-state index in [2.05, 4.69) is 6.07 Å². The zero-order valence-corrected chi connectivity index (χ0v) is 9.83. The van der Waals surface area contributed by atoms with Crippen molar-refractivity contribution in [1.29, 1.82) is 10.5 Å². The lowest BCUT2D eigenvalue weighted by molar-refractivity contribution is 0.315. The lowest BCUT2D eigenvalue weighted by Gasteiger charge is -2.17. The van der Waals surface area contributed by atoms with Crippen molar-refractivity contribution < 1.29 is 0 Å². The summed E-state index contributed by atoms with van der Waals surface area (Å²) in [6, 6.07) is 9.37. The van der Waals surface area contributed by atoms with E-state index in [1.54, 1.807) is 12.1 Å². The Morgan fingerprint density at radius 3 is 2.62 bits per heavy atom. The molecule has 0 bridgehead atoms. The van der Waals surface area contributed by atoms with Gasteiger partial charge < -0.3 is 0 Å². The number of halogens is 1. The number of rotatable bonds is 4. The van der Waals surface area contributed by atoms with Crippen LogP contribution in [0.3, 0.4) is 0 Å². The van der Waals surface area contributed by atoms with E-state index in [0.717, 1.165) is 12.1 Å². The minimum atomic E-state index is 0.382. The molecule has 1 rings (SSSR count). The van der Waals surface area contributed by atoms with Gasteiger partial charge in [-0.3, -0.25) is 4.90 Å². The zero-order valence-electron chi connectivity index (χ0n) is 9.07. The van der Waals surface area contributed by atoms with Crippen LogP contribution in [-0.2, 0) is 6.54 Å². The van der Waals surface area contributed by atoms with Gasteiger partial charge in [-0.05, 0) is 24.2 Å². The van der Waals surface area contributed by atoms with E-state index in [0.29, 0.717) is 23.7 Å². The molecule has 0 atom stereocenters. The summed E-state index contributed by atoms with van der Waals surface area (Å²) >= 11 is 6.05. The summed E-state index contributed by atoms with van der Waals surface area (Å²) < 4.78 is 0. The monoisotopic (exact) mass is 233 g/mol. The zero-order chi connectivity index (χ0) is 12.0. The first kappa shape index (κ1) is 12.5. The number of nitrogens with zero attached hydrogens (tertiary/aromatic N) is 3. The molecular weight excluding hydrogens is 222 g/mol. The predicted octanol–water partition coefficient (Wildman–Crippen LogP) is 2.56. The normalized spacial score (nSPS) is 9.81. The molecule has 3 nitrogen and oxygen atoms in total. The molecule has 0 unspecified atom stereocenters. The quantitative estimate of drug-likeness (QED) is 0.751. The van der Waals surface area contributed by atoms with E-state index in [9.17, 15) is 0 Å². The first-order valence-electron chi connectivity index (χ1n) is 4.99. The lowest BCUT2D eigenvalue weighted by Crippen LogP contribution is -2.23. The molecule has 0 saturated carbocycles. The van der Waals surface area contributed by atoms with Crippen LogP contribution in [-0.4, -0.2) is 18.0 Å². The third-order valence-electron chi connectivity index (χ3n) is 2.32. The molecular formula is C12H12ClN3. The standard InChI is InChI=1S/C12H12ClN3/c1-2-16(6-5-14)9-11-4-3-10(8-15)7-12(11)13/h3-4,7H,2,6,9H2,1H3. The van der Waals surface area contributed by atoms with Crippen molar-refractivity contribution in [2.45, 2.75) is 13.5 Å². The molecule has 0 radical (unpaired) electrons. The largest absolute Gasteiger partial charge is 0.286 e. The first-order valence-corrected chi connectivity index (χ1v) is 5.37. The van der Waals surface area contributed by atoms with Gasteiger partial charge in [0, 0.05) is 11.6 Å². The fourth-order valence-electron chi connectivity index (χ4n) is 1.37. The maximum Gasteiger partial charge on any atom is 0.0992 e. The third kappa shape index (κ3) is 3.24. The van der Waals surface area contributed by atoms with Gasteiger partial charge in [-0.25, -0.2) is 0 Å². The molecule has 0 saturated heterocycles. The molecule has 0 aliphatic heterocycles. The Morgan fingerprint density at radius 1 is 1.38 bits per heavy atom. The average molecular weight is 234 g/mol. The first-order chi connectivity index (χ1) is 7.71. The third-order valence-corrected chi connectivity index (χ3v) is 2.67. The molecule has 0 aromatic heterocycles. The molecule has 82 valence electrons. The van der Waals surface area contributed by atoms with Gasteiger partial charge in [0.15, 0.2) is 0 Å². The Bertz CT molecular complexity index is 443. The van der Waals surface area contributed by atoms with Crippen molar-refractivity contribution in [2.75, 3.05) is 13.1 Å². The van der Waals surface area contributed by atoms with Gasteiger partial charge in [-0.2, -0.15) is 10.5 Å². The Hall–Kier alpha value is -1.55. The number of hydrogen-bond donors (Lipinski definition) is 0. The summed E-state index contributed by atoms with van der Waals surface area (Å²) in [5.41, 5.74) is 1.50. The Morgan fingerprint density at radius 2 is 2.12 bits per heavy atom. The summed E-state index contributed by atoms with van der Waals surface area (Å²) in [6.07, 6.45) is 0. The highest BCUT2D eigenvalue weighted by atomic mass is 35.5. The Balaban J connectivity index is 2.82. The number of hydrogen-bond acceptors (Lipinski definition) is 3. The van der Waals surface area contributed by atoms with Crippen LogP contribution in [0.25, 0.3) is 0 Å². The highest BCUT2D eigenvalue weighted by Gasteiger charge is 2.07. The Labute approximate surface area is 100 Å². The molecule has 1 aromatic rings. The molecule has 0 amide bonds. The molecule has 1 aromatic carbocycles. The average Bonchev–Trinajstić information content (AvgIpc) is 2.30. The fourth-order valence-corrected chi connectivity index (χ4v) is 1.61. The van der Waals surface area contributed by atoms with Crippen LogP contribution >= 0.6 is 11.6 Å². The van der Waals surface area contributed by atoms with E-state index in [1.165, 1.54) is 0 Å². The van der Waals surface area contributed by atoms with Gasteiger partial charge in [0.1, 0.15) is 0 Å². The van der Waals surface area contributed by atoms with Gasteiger partial charge in [0.05, 0.1) is 24.2 Å². The minimum absolute atomic E-state index is 0.382. The second-order valence-electron chi connectivity index (χ2n) is 3.38. The van der Waals surface area contributed by atoms with E-state index in [1.807, 2.05) is 24.0 Å². The molecule has 0 aliphatic carbocycles. The van der Waals surface area contributed by atoms with Gasteiger partial charge in [0.25, 0.3) is 0 Å². The highest BCUT2D eigenvalue weighted by Crippen LogP contribution is 2.19. The van der Waals surface area contributed by atoms with Crippen LogP contribution < -0.4 is 0 Å². The fraction of sp³-hybridized carbons (Fsp3) is 0.333. The smallest absolute Gasteiger partial charge is 0.0992 e. The van der Waals surface area contributed by atoms with Crippen molar-refractivity contribution in [1.82, 2.24) is 4.90 Å². The van der Waals surface area contributed by atoms with Crippen molar-refractivity contribution in [3.63, 3.8) is 0 Å². The van der Waals surface area contributed by atoms with Crippen LogP contribution in [0.5, 0.6) is 0 Å². The maximum absolute atomic E-state index is 8.70. The number of benzene rings is 1. The SMILES string of the molecule is CCN(CC#N)Cc1ccc(C#N)cc1Cl. The van der Waals surface area contributed by atoms with Crippen molar-refractivity contribution in [3.05, 3.63) is 34.3 Å². The van der Waals surface area contributed by atoms with Crippen LogP contribution in [0, 0.1) is 22.7 Å². The second kappa shape index (κ2) is 6.12. The van der Waals surface area contributed by atoms with Crippen LogP contribution in [0.1, 0.15) is 18.1 Å². The van der Waals surface area contributed by atoms with E-state index in [-0.39, 0.29) is 0 Å². The van der Waals surface area contributed by atoms with Crippen LogP contribution in [0.4, 0.5) is 0 Å². The molecule has 0 aliphatic rings. The van der Waals surface area contributed by atoms with Crippen molar-refractivity contribution in [2.24, 2.45) is 0 Å². The van der Waals surface area contributed by atoms with Gasteiger partial charge in [-0.1, -0.05) is 24.6 Å². The van der Waals surface area contributed by atoms with Crippen LogP contribution in [0.2, 0.25) is 5.02 Å². The van der Waals surface area contributed by atoms with Gasteiger partial charge >= 0.3 is 0 Å². The van der Waals surface area contributed by atoms with Crippen molar-refractivity contribution >= 4 is 11.6 Å². The summed E-state index contributed by atoms with van der Waals surface area (Å²) in [4.78, 5) is 1.98. The van der Waals surface area contributed by atoms with E-state index < -0.39 is 0 Å². The van der Waals surface area contributed by atoms with E-state index >= 15 is 0 Å². The lowest BCUT2D eigenvalue weighted by atomic mass is 10.1. The maximum atomic E-state index is 8.70. The minimum Gasteiger partial charge on any atom is -0.286 e. The Kier molecular flexibility index (Phi) is 4.79. The van der Waals surface area contributed by atoms with Crippen molar-refractivity contribution in [3.8, 4) is 12.1 Å². The van der Waals surface area contributed by atoms with E-state index in [4.69, 9.17) is 22.1 Å². The van der Waals surface area contributed by atoms with Crippen LogP contribution in [0.15, 0.2) is 18.2 Å². The second-order valence-corrected chi connectivity index (χ2v) is 3.79. The molecule has 0 N–H and O–H groups in total. The van der Waals surface area contributed by atoms with Gasteiger partial charge in [0.2, 0.25) is 0 Å². The summed E-state index contributed by atoms with van der Waals surface area (Å²) in [5.74, 6) is 0. The molecule has 4 heteroatoms. The molecule has 16 heavy (non-hydrogen) atoms. The summed E-state index contributed by atoms with van der Waals surface area (Å²) in [5, 5.41) is 17.9. The molecule has 0 spiro atoms. The number of nitriles is 2. The molecule has 0 heterocycles. The highest BCUT2D eigenvalue weighted by molar-refractivity contribution is 6.31. The summed E-state index contributed by atoms with van der Waals surface area (Å²) in [6.45, 7) is 3.81. The van der Waals surface area contributed by atoms with Gasteiger partial charge in [-0.15, -0.1) is 0 Å². The predicted molar refractivity (Wildman–Crippen MR) is 62.7 cm³/mol.